The smallest absolute Gasteiger partial charge is 0.223 e. The lowest BCUT2D eigenvalue weighted by atomic mass is 10.1. The van der Waals surface area contributed by atoms with Crippen molar-refractivity contribution >= 4 is 28.6 Å². The van der Waals surface area contributed by atoms with Crippen LogP contribution in [0.15, 0.2) is 12.4 Å². The first-order valence-corrected chi connectivity index (χ1v) is 8.63. The van der Waals surface area contributed by atoms with Crippen molar-refractivity contribution in [3.63, 3.8) is 0 Å². The van der Waals surface area contributed by atoms with Crippen LogP contribution in [0.2, 0.25) is 5.15 Å². The zero-order valence-electron chi connectivity index (χ0n) is 15.2. The number of methoxy groups -OCH3 is 1. The maximum absolute atomic E-state index is 6.31. The van der Waals surface area contributed by atoms with E-state index in [1.165, 1.54) is 0 Å². The van der Waals surface area contributed by atoms with Crippen molar-refractivity contribution in [3.8, 4) is 17.6 Å². The van der Waals surface area contributed by atoms with E-state index in [9.17, 15) is 0 Å². The van der Waals surface area contributed by atoms with Crippen LogP contribution in [-0.2, 0) is 6.54 Å². The Hall–Kier alpha value is -2.78. The molecular formula is C19H20ClN5O. The molecule has 3 aromatic rings. The van der Waals surface area contributed by atoms with Crippen LogP contribution in [0.3, 0.4) is 0 Å². The average molecular weight is 370 g/mol. The molecular weight excluding hydrogens is 350 g/mol. The number of aryl methyl sites for hydroxylation is 1. The number of ether oxygens (including phenoxy) is 1. The second kappa shape index (κ2) is 7.22. The van der Waals surface area contributed by atoms with E-state index in [2.05, 4.69) is 26.8 Å². The predicted octanol–water partition coefficient (Wildman–Crippen LogP) is 3.50. The van der Waals surface area contributed by atoms with Crippen LogP contribution in [0.5, 0.6) is 5.75 Å². The Balaban J connectivity index is 2.17. The number of hydrogen-bond acceptors (Lipinski definition) is 5. The fourth-order valence-corrected chi connectivity index (χ4v) is 3.22. The third kappa shape index (κ3) is 3.18. The lowest BCUT2D eigenvalue weighted by Gasteiger charge is -2.13. The quantitative estimate of drug-likeness (QED) is 0.564. The van der Waals surface area contributed by atoms with E-state index >= 15 is 0 Å². The van der Waals surface area contributed by atoms with Crippen LogP contribution < -0.4 is 10.5 Å². The monoisotopic (exact) mass is 369 g/mol. The fraction of sp³-hybridized carbons (Fsp3) is 0.316. The van der Waals surface area contributed by atoms with Crippen LogP contribution in [0, 0.1) is 25.7 Å². The summed E-state index contributed by atoms with van der Waals surface area (Å²) in [5.74, 6) is 7.16. The summed E-state index contributed by atoms with van der Waals surface area (Å²) in [5, 5.41) is 1.01. The standard InChI is InChI=1S/C19H20ClN5O/c1-5-6-7-13-9-25(18-15(13)17(20)23-19(21)24-18)10-14-12(3)16(26-4)11(2)8-22-14/h8-9H,5,10H2,1-4H3,(H2,21,23,24). The molecule has 0 atom stereocenters. The van der Waals surface area contributed by atoms with Gasteiger partial charge < -0.3 is 15.0 Å². The molecule has 0 bridgehead atoms. The van der Waals surface area contributed by atoms with E-state index in [0.29, 0.717) is 22.7 Å². The van der Waals surface area contributed by atoms with Gasteiger partial charge in [-0.05, 0) is 13.8 Å². The van der Waals surface area contributed by atoms with E-state index in [1.54, 1.807) is 13.3 Å². The first-order chi connectivity index (χ1) is 12.5. The minimum atomic E-state index is 0.128. The van der Waals surface area contributed by atoms with E-state index in [4.69, 9.17) is 22.1 Å². The molecule has 6 nitrogen and oxygen atoms in total. The predicted molar refractivity (Wildman–Crippen MR) is 103 cm³/mol. The molecule has 0 saturated carbocycles. The molecule has 0 spiro atoms. The highest BCUT2D eigenvalue weighted by Crippen LogP contribution is 2.29. The number of halogens is 1. The van der Waals surface area contributed by atoms with Gasteiger partial charge in [0, 0.05) is 29.9 Å². The Morgan fingerprint density at radius 1 is 1.31 bits per heavy atom. The van der Waals surface area contributed by atoms with Crippen molar-refractivity contribution in [2.45, 2.75) is 33.7 Å². The topological polar surface area (TPSA) is 78.8 Å². The Labute approximate surface area is 157 Å². The van der Waals surface area contributed by atoms with E-state index < -0.39 is 0 Å². The highest BCUT2D eigenvalue weighted by molar-refractivity contribution is 6.34. The summed E-state index contributed by atoms with van der Waals surface area (Å²) >= 11 is 6.31. The zero-order chi connectivity index (χ0) is 18.8. The number of nitrogens with zero attached hydrogens (tertiary/aromatic N) is 4. The molecule has 0 aromatic carbocycles. The molecule has 0 aliphatic heterocycles. The van der Waals surface area contributed by atoms with Gasteiger partial charge in [-0.15, -0.1) is 0 Å². The van der Waals surface area contributed by atoms with E-state index in [1.807, 2.05) is 31.5 Å². The second-order valence-corrected chi connectivity index (χ2v) is 6.30. The van der Waals surface area contributed by atoms with Crippen molar-refractivity contribution in [1.29, 1.82) is 0 Å². The summed E-state index contributed by atoms with van der Waals surface area (Å²) in [5.41, 5.74) is 10.1. The summed E-state index contributed by atoms with van der Waals surface area (Å²) in [6, 6.07) is 0. The minimum absolute atomic E-state index is 0.128. The van der Waals surface area contributed by atoms with Crippen LogP contribution >= 0.6 is 11.6 Å². The van der Waals surface area contributed by atoms with Gasteiger partial charge in [-0.3, -0.25) is 4.98 Å². The van der Waals surface area contributed by atoms with Crippen molar-refractivity contribution in [2.24, 2.45) is 0 Å². The molecule has 7 heteroatoms. The van der Waals surface area contributed by atoms with E-state index in [0.717, 1.165) is 34.6 Å². The van der Waals surface area contributed by atoms with Crippen molar-refractivity contribution in [2.75, 3.05) is 12.8 Å². The summed E-state index contributed by atoms with van der Waals surface area (Å²) < 4.78 is 7.45. The Morgan fingerprint density at radius 2 is 2.08 bits per heavy atom. The Kier molecular flexibility index (Phi) is 5.01. The molecule has 0 aliphatic rings. The number of nitrogen functional groups attached to an aromatic ring is 1. The molecule has 26 heavy (non-hydrogen) atoms. The molecule has 3 rings (SSSR count). The lowest BCUT2D eigenvalue weighted by molar-refractivity contribution is 0.406. The number of pyridine rings is 1. The van der Waals surface area contributed by atoms with E-state index in [-0.39, 0.29) is 5.95 Å². The van der Waals surface area contributed by atoms with Gasteiger partial charge in [0.1, 0.15) is 16.5 Å². The fourth-order valence-electron chi connectivity index (χ4n) is 2.95. The van der Waals surface area contributed by atoms with Crippen LogP contribution in [0.1, 0.15) is 35.7 Å². The number of nitrogens with two attached hydrogens (primary N) is 1. The SMILES string of the molecule is CCC#Cc1cn(Cc2ncc(C)c(OC)c2C)c2nc(N)nc(Cl)c12. The van der Waals surface area contributed by atoms with Gasteiger partial charge in [-0.2, -0.15) is 4.98 Å². The maximum atomic E-state index is 6.31. The Morgan fingerprint density at radius 3 is 2.77 bits per heavy atom. The van der Waals surface area contributed by atoms with Crippen molar-refractivity contribution in [3.05, 3.63) is 39.9 Å². The van der Waals surface area contributed by atoms with Gasteiger partial charge in [0.05, 0.1) is 30.3 Å². The highest BCUT2D eigenvalue weighted by atomic mass is 35.5. The van der Waals surface area contributed by atoms with Gasteiger partial charge in [0.2, 0.25) is 5.95 Å². The molecule has 0 saturated heterocycles. The summed E-state index contributed by atoms with van der Waals surface area (Å²) in [7, 11) is 1.66. The molecule has 2 N–H and O–H groups in total. The number of aromatic nitrogens is 4. The molecule has 0 unspecified atom stereocenters. The molecule has 3 heterocycles. The number of anilines is 1. The third-order valence-corrected chi connectivity index (χ3v) is 4.43. The number of rotatable bonds is 3. The molecule has 0 aliphatic carbocycles. The Bertz CT molecular complexity index is 1050. The summed E-state index contributed by atoms with van der Waals surface area (Å²) in [6.45, 7) is 6.46. The minimum Gasteiger partial charge on any atom is -0.496 e. The molecule has 3 aromatic heterocycles. The van der Waals surface area contributed by atoms with Gasteiger partial charge >= 0.3 is 0 Å². The van der Waals surface area contributed by atoms with Gasteiger partial charge in [0.15, 0.2) is 0 Å². The largest absolute Gasteiger partial charge is 0.496 e. The highest BCUT2D eigenvalue weighted by Gasteiger charge is 2.17. The van der Waals surface area contributed by atoms with Gasteiger partial charge in [-0.1, -0.05) is 30.4 Å². The lowest BCUT2D eigenvalue weighted by Crippen LogP contribution is -2.07. The zero-order valence-corrected chi connectivity index (χ0v) is 16.0. The maximum Gasteiger partial charge on any atom is 0.223 e. The molecule has 134 valence electrons. The molecule has 0 amide bonds. The first kappa shape index (κ1) is 18.0. The second-order valence-electron chi connectivity index (χ2n) is 5.94. The summed E-state index contributed by atoms with van der Waals surface area (Å²) in [6.07, 6.45) is 4.47. The summed E-state index contributed by atoms with van der Waals surface area (Å²) in [4.78, 5) is 13.0. The number of hydrogen-bond donors (Lipinski definition) is 1. The van der Waals surface area contributed by atoms with Crippen molar-refractivity contribution < 1.29 is 4.74 Å². The third-order valence-electron chi connectivity index (χ3n) is 4.16. The van der Waals surface area contributed by atoms with Gasteiger partial charge in [0.25, 0.3) is 0 Å². The normalized spacial score (nSPS) is 10.7. The van der Waals surface area contributed by atoms with Crippen LogP contribution in [-0.4, -0.2) is 26.6 Å². The van der Waals surface area contributed by atoms with Crippen LogP contribution in [0.25, 0.3) is 11.0 Å². The van der Waals surface area contributed by atoms with Crippen molar-refractivity contribution in [1.82, 2.24) is 19.5 Å². The molecule has 0 radical (unpaired) electrons. The van der Waals surface area contributed by atoms with Crippen LogP contribution in [0.4, 0.5) is 5.95 Å². The number of fused-ring (bicyclic) bond motifs is 1. The average Bonchev–Trinajstić information content (AvgIpc) is 2.93. The molecule has 0 fully saturated rings. The van der Waals surface area contributed by atoms with Gasteiger partial charge in [-0.25, -0.2) is 4.98 Å². The first-order valence-electron chi connectivity index (χ1n) is 8.26.